The highest BCUT2D eigenvalue weighted by atomic mass is 32.2. The Balaban J connectivity index is 2.38. The summed E-state index contributed by atoms with van der Waals surface area (Å²) >= 11 is 0.990. The van der Waals surface area contributed by atoms with Crippen molar-refractivity contribution in [1.82, 2.24) is 4.98 Å². The van der Waals surface area contributed by atoms with E-state index in [-0.39, 0.29) is 10.6 Å². The maximum atomic E-state index is 12.8. The van der Waals surface area contributed by atoms with Crippen LogP contribution in [0.1, 0.15) is 10.4 Å². The van der Waals surface area contributed by atoms with Crippen molar-refractivity contribution in [3.8, 4) is 0 Å². The zero-order valence-corrected chi connectivity index (χ0v) is 10.6. The predicted octanol–water partition coefficient (Wildman–Crippen LogP) is 2.98. The monoisotopic (exact) mass is 294 g/mol. The number of benzene rings is 1. The van der Waals surface area contributed by atoms with E-state index in [9.17, 15) is 19.3 Å². The van der Waals surface area contributed by atoms with Crippen LogP contribution in [0.4, 0.5) is 10.1 Å². The van der Waals surface area contributed by atoms with Crippen molar-refractivity contribution < 1.29 is 19.2 Å². The molecule has 0 saturated carbocycles. The zero-order chi connectivity index (χ0) is 14.7. The molecule has 0 bridgehead atoms. The fourth-order valence-electron chi connectivity index (χ4n) is 1.39. The van der Waals surface area contributed by atoms with Gasteiger partial charge in [0.1, 0.15) is 17.0 Å². The average molecular weight is 294 g/mol. The Bertz CT molecular complexity index is 676. The molecule has 102 valence electrons. The number of carbonyl (C=O) groups is 1. The molecule has 0 saturated heterocycles. The van der Waals surface area contributed by atoms with Crippen LogP contribution in [0, 0.1) is 15.9 Å². The van der Waals surface area contributed by atoms with Crippen molar-refractivity contribution in [3.63, 3.8) is 0 Å². The fraction of sp³-hybridized carbons (Fsp3) is 0. The van der Waals surface area contributed by atoms with E-state index in [2.05, 4.69) is 4.98 Å². The van der Waals surface area contributed by atoms with Gasteiger partial charge in [-0.2, -0.15) is 0 Å². The summed E-state index contributed by atoms with van der Waals surface area (Å²) in [6, 6.07) is 6.34. The highest BCUT2D eigenvalue weighted by Crippen LogP contribution is 2.30. The van der Waals surface area contributed by atoms with E-state index in [0.29, 0.717) is 4.90 Å². The lowest BCUT2D eigenvalue weighted by Crippen LogP contribution is -2.02. The highest BCUT2D eigenvalue weighted by Gasteiger charge is 2.18. The lowest BCUT2D eigenvalue weighted by atomic mass is 10.3. The first-order valence-electron chi connectivity index (χ1n) is 5.28. The molecule has 1 heterocycles. The molecule has 0 fully saturated rings. The topological polar surface area (TPSA) is 93.3 Å². The number of aromatic nitrogens is 1. The number of nitro groups is 1. The summed E-state index contributed by atoms with van der Waals surface area (Å²) in [7, 11) is 0. The number of hydrogen-bond acceptors (Lipinski definition) is 5. The van der Waals surface area contributed by atoms with Crippen LogP contribution >= 0.6 is 11.8 Å². The Morgan fingerprint density at radius 2 is 2.00 bits per heavy atom. The molecule has 1 aromatic carbocycles. The first kappa shape index (κ1) is 13.9. The second-order valence-electron chi connectivity index (χ2n) is 3.66. The number of carboxylic acid groups (broad SMARTS) is 1. The molecule has 0 aliphatic heterocycles. The van der Waals surface area contributed by atoms with Crippen molar-refractivity contribution in [2.45, 2.75) is 9.92 Å². The van der Waals surface area contributed by atoms with Gasteiger partial charge in [-0.15, -0.1) is 0 Å². The van der Waals surface area contributed by atoms with E-state index in [1.54, 1.807) is 0 Å². The molecule has 1 aromatic heterocycles. The van der Waals surface area contributed by atoms with Gasteiger partial charge in [-0.3, -0.25) is 10.1 Å². The number of nitrogens with zero attached hydrogens (tertiary/aromatic N) is 2. The number of hydrogen-bond donors (Lipinski definition) is 1. The van der Waals surface area contributed by atoms with Gasteiger partial charge in [-0.05, 0) is 24.3 Å². The summed E-state index contributed by atoms with van der Waals surface area (Å²) < 4.78 is 12.8. The summed E-state index contributed by atoms with van der Waals surface area (Å²) in [5, 5.41) is 19.8. The van der Waals surface area contributed by atoms with Gasteiger partial charge in [0.25, 0.3) is 5.69 Å². The molecule has 0 amide bonds. The molecular weight excluding hydrogens is 287 g/mol. The van der Waals surface area contributed by atoms with Crippen LogP contribution in [0.25, 0.3) is 0 Å². The Hall–Kier alpha value is -2.48. The van der Waals surface area contributed by atoms with Gasteiger partial charge >= 0.3 is 5.97 Å². The average Bonchev–Trinajstić information content (AvgIpc) is 2.41. The quantitative estimate of drug-likeness (QED) is 0.688. The summed E-state index contributed by atoms with van der Waals surface area (Å²) in [5.41, 5.74) is -0.667. The van der Waals surface area contributed by atoms with Crippen molar-refractivity contribution in [1.29, 1.82) is 0 Å². The molecule has 1 N–H and O–H groups in total. The lowest BCUT2D eigenvalue weighted by Gasteiger charge is -2.04. The van der Waals surface area contributed by atoms with E-state index in [4.69, 9.17) is 5.11 Å². The second kappa shape index (κ2) is 5.66. The highest BCUT2D eigenvalue weighted by molar-refractivity contribution is 7.99. The van der Waals surface area contributed by atoms with Crippen LogP contribution in [0.15, 0.2) is 46.5 Å². The van der Waals surface area contributed by atoms with Crippen molar-refractivity contribution in [2.75, 3.05) is 0 Å². The van der Waals surface area contributed by atoms with Crippen LogP contribution in [-0.4, -0.2) is 21.0 Å². The third-order valence-corrected chi connectivity index (χ3v) is 3.33. The molecule has 2 aromatic rings. The maximum Gasteiger partial charge on any atom is 0.338 e. The van der Waals surface area contributed by atoms with Crippen LogP contribution in [0.5, 0.6) is 0 Å². The third kappa shape index (κ3) is 3.09. The number of aromatic carboxylic acids is 1. The van der Waals surface area contributed by atoms with Crippen LogP contribution < -0.4 is 0 Å². The fourth-order valence-corrected chi connectivity index (χ4v) is 2.25. The first-order chi connectivity index (χ1) is 9.47. The summed E-state index contributed by atoms with van der Waals surface area (Å²) in [6.07, 6.45) is 0.984. The SMILES string of the molecule is O=C(O)c1cc([N+](=O)[O-])cnc1Sc1ccc(F)cc1. The summed E-state index contributed by atoms with van der Waals surface area (Å²) in [6.45, 7) is 0. The van der Waals surface area contributed by atoms with E-state index >= 15 is 0 Å². The molecule has 2 rings (SSSR count). The Morgan fingerprint density at radius 1 is 1.35 bits per heavy atom. The van der Waals surface area contributed by atoms with Gasteiger partial charge in [0, 0.05) is 11.0 Å². The summed E-state index contributed by atoms with van der Waals surface area (Å²) in [5.74, 6) is -1.73. The van der Waals surface area contributed by atoms with Crippen LogP contribution in [-0.2, 0) is 0 Å². The standard InChI is InChI=1S/C12H7FN2O4S/c13-7-1-3-9(4-2-7)20-11-10(12(16)17)5-8(6-14-11)15(18)19/h1-6H,(H,16,17). The van der Waals surface area contributed by atoms with Crippen molar-refractivity contribution >= 4 is 23.4 Å². The van der Waals surface area contributed by atoms with Gasteiger partial charge in [0.15, 0.2) is 0 Å². The smallest absolute Gasteiger partial charge is 0.338 e. The molecule has 0 aliphatic rings. The third-order valence-electron chi connectivity index (χ3n) is 2.31. The minimum atomic E-state index is -1.31. The first-order valence-corrected chi connectivity index (χ1v) is 6.10. The molecule has 6 nitrogen and oxygen atoms in total. The molecule has 0 atom stereocenters. The maximum absolute atomic E-state index is 12.8. The molecule has 20 heavy (non-hydrogen) atoms. The normalized spacial score (nSPS) is 10.2. The largest absolute Gasteiger partial charge is 0.478 e. The Morgan fingerprint density at radius 3 is 2.55 bits per heavy atom. The number of carboxylic acids is 1. The van der Waals surface area contributed by atoms with E-state index < -0.39 is 22.4 Å². The van der Waals surface area contributed by atoms with Gasteiger partial charge < -0.3 is 5.11 Å². The Labute approximate surface area is 116 Å². The summed E-state index contributed by atoms with van der Waals surface area (Å²) in [4.78, 5) is 25.4. The van der Waals surface area contributed by atoms with Gasteiger partial charge in [-0.25, -0.2) is 14.2 Å². The molecule has 0 spiro atoms. The molecule has 0 radical (unpaired) electrons. The number of pyridine rings is 1. The molecule has 0 aliphatic carbocycles. The second-order valence-corrected chi connectivity index (χ2v) is 4.73. The van der Waals surface area contributed by atoms with Crippen molar-refractivity contribution in [2.24, 2.45) is 0 Å². The lowest BCUT2D eigenvalue weighted by molar-refractivity contribution is -0.385. The Kier molecular flexibility index (Phi) is 3.94. The predicted molar refractivity (Wildman–Crippen MR) is 68.4 cm³/mol. The minimum absolute atomic E-state index is 0.106. The zero-order valence-electron chi connectivity index (χ0n) is 9.82. The van der Waals surface area contributed by atoms with E-state index in [0.717, 1.165) is 24.0 Å². The van der Waals surface area contributed by atoms with E-state index in [1.165, 1.54) is 24.3 Å². The molecule has 8 heteroatoms. The van der Waals surface area contributed by atoms with Crippen molar-refractivity contribution in [3.05, 3.63) is 58.0 Å². The number of rotatable bonds is 4. The van der Waals surface area contributed by atoms with E-state index in [1.807, 2.05) is 0 Å². The van der Waals surface area contributed by atoms with Crippen LogP contribution in [0.3, 0.4) is 0 Å². The molecule has 0 unspecified atom stereocenters. The van der Waals surface area contributed by atoms with Crippen LogP contribution in [0.2, 0.25) is 0 Å². The van der Waals surface area contributed by atoms with Gasteiger partial charge in [0.05, 0.1) is 10.5 Å². The number of halogens is 1. The molecular formula is C12H7FN2O4S. The minimum Gasteiger partial charge on any atom is -0.478 e. The van der Waals surface area contributed by atoms with Gasteiger partial charge in [0.2, 0.25) is 0 Å². The van der Waals surface area contributed by atoms with Gasteiger partial charge in [-0.1, -0.05) is 11.8 Å².